The van der Waals surface area contributed by atoms with E-state index in [9.17, 15) is 14.0 Å². The van der Waals surface area contributed by atoms with Gasteiger partial charge in [-0.2, -0.15) is 0 Å². The zero-order chi connectivity index (χ0) is 17.1. The summed E-state index contributed by atoms with van der Waals surface area (Å²) < 4.78 is 19.7. The maximum atomic E-state index is 14.3. The van der Waals surface area contributed by atoms with E-state index in [0.29, 0.717) is 44.8 Å². The fraction of sp³-hybridized carbons (Fsp3) is 0.529. The van der Waals surface area contributed by atoms with E-state index in [-0.39, 0.29) is 12.5 Å². The van der Waals surface area contributed by atoms with Crippen molar-refractivity contribution in [3.8, 4) is 0 Å². The Morgan fingerprint density at radius 2 is 1.92 bits per heavy atom. The number of carbonyl (C=O) groups is 2. The van der Waals surface area contributed by atoms with E-state index in [0.717, 1.165) is 0 Å². The number of likely N-dealkylation sites (tertiary alicyclic amines) is 1. The van der Waals surface area contributed by atoms with E-state index in [2.05, 4.69) is 0 Å². The Balaban J connectivity index is 1.85. The second kappa shape index (κ2) is 7.27. The largest absolute Gasteiger partial charge is 0.481 e. The number of hydrogen-bond donors (Lipinski definition) is 1. The molecule has 2 aliphatic rings. The lowest BCUT2D eigenvalue weighted by molar-refractivity contribution is -0.142. The van der Waals surface area contributed by atoms with Crippen LogP contribution in [0.5, 0.6) is 0 Å². The first-order valence-electron chi connectivity index (χ1n) is 8.15. The van der Waals surface area contributed by atoms with Crippen LogP contribution >= 0.6 is 0 Å². The summed E-state index contributed by atoms with van der Waals surface area (Å²) in [5.74, 6) is -2.08. The van der Waals surface area contributed by atoms with Crippen LogP contribution in [0, 0.1) is 11.7 Å². The molecule has 0 radical (unpaired) electrons. The Labute approximate surface area is 139 Å². The topological polar surface area (TPSA) is 70.1 Å². The van der Waals surface area contributed by atoms with Gasteiger partial charge in [0.15, 0.2) is 0 Å². The lowest BCUT2D eigenvalue weighted by Gasteiger charge is -2.36. The molecule has 1 aromatic carbocycles. The first-order valence-corrected chi connectivity index (χ1v) is 8.15. The van der Waals surface area contributed by atoms with Crippen molar-refractivity contribution in [2.45, 2.75) is 12.5 Å². The predicted octanol–water partition coefficient (Wildman–Crippen LogP) is 1.13. The molecular formula is C17H21FN2O4. The van der Waals surface area contributed by atoms with Crippen molar-refractivity contribution >= 4 is 11.9 Å². The van der Waals surface area contributed by atoms with E-state index in [1.165, 1.54) is 6.07 Å². The number of amides is 1. The van der Waals surface area contributed by atoms with Crippen LogP contribution in [0.1, 0.15) is 18.0 Å². The molecule has 2 heterocycles. The van der Waals surface area contributed by atoms with Crippen molar-refractivity contribution in [3.05, 3.63) is 35.6 Å². The number of carboxylic acid groups (broad SMARTS) is 1. The van der Waals surface area contributed by atoms with Crippen LogP contribution in [0.4, 0.5) is 4.39 Å². The molecule has 3 rings (SSSR count). The van der Waals surface area contributed by atoms with Crippen LogP contribution in [-0.2, 0) is 14.3 Å². The van der Waals surface area contributed by atoms with Gasteiger partial charge in [0.05, 0.1) is 19.1 Å². The van der Waals surface area contributed by atoms with E-state index < -0.39 is 23.7 Å². The molecule has 2 atom stereocenters. The Morgan fingerprint density at radius 3 is 2.54 bits per heavy atom. The highest BCUT2D eigenvalue weighted by Crippen LogP contribution is 2.29. The van der Waals surface area contributed by atoms with E-state index in [1.807, 2.05) is 4.90 Å². The smallest absolute Gasteiger partial charge is 0.308 e. The van der Waals surface area contributed by atoms with Crippen LogP contribution < -0.4 is 0 Å². The standard InChI is InChI=1S/C17H21FN2O4/c18-14-4-2-1-3-13(14)15(19-7-9-24-10-8-19)16(21)20-6-5-12(11-20)17(22)23/h1-4,12,15H,5-11H2,(H,22,23). The number of halogens is 1. The van der Waals surface area contributed by atoms with Gasteiger partial charge >= 0.3 is 5.97 Å². The van der Waals surface area contributed by atoms with E-state index >= 15 is 0 Å². The molecule has 0 aromatic heterocycles. The summed E-state index contributed by atoms with van der Waals surface area (Å²) in [6.45, 7) is 2.66. The molecule has 1 aromatic rings. The number of hydrogen-bond acceptors (Lipinski definition) is 4. The predicted molar refractivity (Wildman–Crippen MR) is 83.9 cm³/mol. The monoisotopic (exact) mass is 336 g/mol. The van der Waals surface area contributed by atoms with Crippen LogP contribution in [-0.4, -0.2) is 66.2 Å². The highest BCUT2D eigenvalue weighted by molar-refractivity contribution is 5.84. The number of benzene rings is 1. The molecule has 0 spiro atoms. The summed E-state index contributed by atoms with van der Waals surface area (Å²) in [6, 6.07) is 5.54. The number of ether oxygens (including phenoxy) is 1. The summed E-state index contributed by atoms with van der Waals surface area (Å²) >= 11 is 0. The van der Waals surface area contributed by atoms with Crippen molar-refractivity contribution in [1.29, 1.82) is 0 Å². The Kier molecular flexibility index (Phi) is 5.11. The van der Waals surface area contributed by atoms with Crippen molar-refractivity contribution in [3.63, 3.8) is 0 Å². The van der Waals surface area contributed by atoms with Gasteiger partial charge in [-0.15, -0.1) is 0 Å². The van der Waals surface area contributed by atoms with Crippen molar-refractivity contribution in [1.82, 2.24) is 9.80 Å². The van der Waals surface area contributed by atoms with Gasteiger partial charge in [-0.05, 0) is 12.5 Å². The molecule has 0 saturated carbocycles. The minimum Gasteiger partial charge on any atom is -0.481 e. The quantitative estimate of drug-likeness (QED) is 0.893. The molecule has 6 nitrogen and oxygen atoms in total. The number of aliphatic carboxylic acids is 1. The van der Waals surface area contributed by atoms with Gasteiger partial charge in [-0.25, -0.2) is 4.39 Å². The first kappa shape index (κ1) is 16.9. The zero-order valence-electron chi connectivity index (χ0n) is 13.4. The molecule has 2 saturated heterocycles. The lowest BCUT2D eigenvalue weighted by Crippen LogP contribution is -2.47. The average Bonchev–Trinajstić information content (AvgIpc) is 3.08. The third-order valence-corrected chi connectivity index (χ3v) is 4.69. The molecule has 2 fully saturated rings. The van der Waals surface area contributed by atoms with Crippen LogP contribution in [0.2, 0.25) is 0 Å². The molecular weight excluding hydrogens is 315 g/mol. The number of carbonyl (C=O) groups excluding carboxylic acids is 1. The Hall–Kier alpha value is -1.99. The third-order valence-electron chi connectivity index (χ3n) is 4.69. The van der Waals surface area contributed by atoms with Crippen molar-refractivity contribution in [2.24, 2.45) is 5.92 Å². The summed E-state index contributed by atoms with van der Waals surface area (Å²) in [5, 5.41) is 9.14. The Bertz CT molecular complexity index is 618. The molecule has 1 amide bonds. The highest BCUT2D eigenvalue weighted by atomic mass is 19.1. The first-order chi connectivity index (χ1) is 11.6. The second-order valence-corrected chi connectivity index (χ2v) is 6.18. The second-order valence-electron chi connectivity index (χ2n) is 6.18. The van der Waals surface area contributed by atoms with Crippen LogP contribution in [0.3, 0.4) is 0 Å². The molecule has 0 bridgehead atoms. The fourth-order valence-electron chi connectivity index (χ4n) is 3.35. The third kappa shape index (κ3) is 3.42. The molecule has 1 N–H and O–H groups in total. The zero-order valence-corrected chi connectivity index (χ0v) is 13.4. The summed E-state index contributed by atoms with van der Waals surface area (Å²) in [6.07, 6.45) is 0.439. The van der Waals surface area contributed by atoms with Crippen molar-refractivity contribution in [2.75, 3.05) is 39.4 Å². The van der Waals surface area contributed by atoms with Gasteiger partial charge in [0, 0.05) is 31.7 Å². The minimum atomic E-state index is -0.890. The maximum Gasteiger partial charge on any atom is 0.308 e. The van der Waals surface area contributed by atoms with Gasteiger partial charge in [0.1, 0.15) is 11.9 Å². The van der Waals surface area contributed by atoms with Gasteiger partial charge in [-0.3, -0.25) is 14.5 Å². The average molecular weight is 336 g/mol. The van der Waals surface area contributed by atoms with Crippen LogP contribution in [0.25, 0.3) is 0 Å². The summed E-state index contributed by atoms with van der Waals surface area (Å²) in [5.41, 5.74) is 0.336. The lowest BCUT2D eigenvalue weighted by atomic mass is 10.0. The minimum absolute atomic E-state index is 0.184. The normalized spacial score (nSPS) is 23.2. The van der Waals surface area contributed by atoms with Crippen LogP contribution in [0.15, 0.2) is 24.3 Å². The highest BCUT2D eigenvalue weighted by Gasteiger charge is 2.38. The Morgan fingerprint density at radius 1 is 1.21 bits per heavy atom. The number of carboxylic acids is 1. The van der Waals surface area contributed by atoms with Gasteiger partial charge in [0.25, 0.3) is 0 Å². The molecule has 0 aliphatic carbocycles. The molecule has 24 heavy (non-hydrogen) atoms. The maximum absolute atomic E-state index is 14.3. The molecule has 7 heteroatoms. The molecule has 2 unspecified atom stereocenters. The number of rotatable bonds is 4. The summed E-state index contributed by atoms with van der Waals surface area (Å²) in [7, 11) is 0. The van der Waals surface area contributed by atoms with Gasteiger partial charge in [0.2, 0.25) is 5.91 Å². The molecule has 2 aliphatic heterocycles. The van der Waals surface area contributed by atoms with Crippen molar-refractivity contribution < 1.29 is 23.8 Å². The molecule has 130 valence electrons. The van der Waals surface area contributed by atoms with E-state index in [1.54, 1.807) is 23.1 Å². The van der Waals surface area contributed by atoms with E-state index in [4.69, 9.17) is 9.84 Å². The SMILES string of the molecule is O=C(O)C1CCN(C(=O)C(c2ccccc2F)N2CCOCC2)C1. The number of nitrogens with zero attached hydrogens (tertiary/aromatic N) is 2. The van der Waals surface area contributed by atoms with Gasteiger partial charge < -0.3 is 14.7 Å². The summed E-state index contributed by atoms with van der Waals surface area (Å²) in [4.78, 5) is 27.7. The fourth-order valence-corrected chi connectivity index (χ4v) is 3.35. The van der Waals surface area contributed by atoms with Gasteiger partial charge in [-0.1, -0.05) is 18.2 Å². The number of morpholine rings is 1.